The van der Waals surface area contributed by atoms with Gasteiger partial charge in [-0.3, -0.25) is 5.32 Å². The van der Waals surface area contributed by atoms with Crippen LogP contribution in [0, 0.1) is 0 Å². The number of aliphatic imine (C=N–C) groups is 2. The summed E-state index contributed by atoms with van der Waals surface area (Å²) in [5.41, 5.74) is 12.2. The molecule has 0 spiro atoms. The monoisotopic (exact) mass is 261 g/mol. The second-order valence-electron chi connectivity index (χ2n) is 4.30. The van der Waals surface area contributed by atoms with Gasteiger partial charge in [-0.05, 0) is 24.1 Å². The van der Waals surface area contributed by atoms with Crippen LogP contribution in [0.15, 0.2) is 34.3 Å². The molecule has 0 aliphatic carbocycles. The molecule has 0 bridgehead atoms. The summed E-state index contributed by atoms with van der Waals surface area (Å²) in [6.07, 6.45) is 1.79. The SMILES string of the molecule is CCCCOc1ccc(C2N=C(N)NC(N)=N2)cc1. The number of benzene rings is 1. The number of rotatable bonds is 5. The molecule has 19 heavy (non-hydrogen) atoms. The van der Waals surface area contributed by atoms with Crippen LogP contribution in [0.5, 0.6) is 5.75 Å². The van der Waals surface area contributed by atoms with Gasteiger partial charge in [-0.1, -0.05) is 25.5 Å². The molecule has 0 amide bonds. The van der Waals surface area contributed by atoms with Crippen molar-refractivity contribution < 1.29 is 4.74 Å². The molecular formula is C13H19N5O. The van der Waals surface area contributed by atoms with E-state index in [9.17, 15) is 0 Å². The molecule has 0 saturated carbocycles. The Morgan fingerprint density at radius 3 is 2.37 bits per heavy atom. The number of guanidine groups is 2. The molecule has 2 rings (SSSR count). The summed E-state index contributed by atoms with van der Waals surface area (Å²) < 4.78 is 5.60. The van der Waals surface area contributed by atoms with E-state index in [4.69, 9.17) is 16.2 Å². The van der Waals surface area contributed by atoms with Crippen LogP contribution in [0.25, 0.3) is 0 Å². The van der Waals surface area contributed by atoms with Crippen molar-refractivity contribution in [2.75, 3.05) is 6.61 Å². The first-order chi connectivity index (χ1) is 9.19. The van der Waals surface area contributed by atoms with Gasteiger partial charge in [-0.2, -0.15) is 0 Å². The smallest absolute Gasteiger partial charge is 0.197 e. The van der Waals surface area contributed by atoms with Crippen molar-refractivity contribution in [2.45, 2.75) is 25.9 Å². The van der Waals surface area contributed by atoms with Gasteiger partial charge in [-0.15, -0.1) is 0 Å². The number of nitrogens with one attached hydrogen (secondary N) is 1. The summed E-state index contributed by atoms with van der Waals surface area (Å²) in [6, 6.07) is 7.66. The highest BCUT2D eigenvalue weighted by molar-refractivity contribution is 5.98. The van der Waals surface area contributed by atoms with Gasteiger partial charge >= 0.3 is 0 Å². The first-order valence-electron chi connectivity index (χ1n) is 6.35. The van der Waals surface area contributed by atoms with Crippen molar-refractivity contribution in [2.24, 2.45) is 21.5 Å². The molecular weight excluding hydrogens is 242 g/mol. The van der Waals surface area contributed by atoms with Crippen LogP contribution in [0.4, 0.5) is 0 Å². The Balaban J connectivity index is 2.04. The van der Waals surface area contributed by atoms with Crippen LogP contribution in [-0.4, -0.2) is 18.5 Å². The number of ether oxygens (including phenoxy) is 1. The predicted octanol–water partition coefficient (Wildman–Crippen LogP) is 1.10. The van der Waals surface area contributed by atoms with Crippen molar-refractivity contribution in [3.63, 3.8) is 0 Å². The molecule has 0 radical (unpaired) electrons. The second kappa shape index (κ2) is 6.08. The van der Waals surface area contributed by atoms with Crippen LogP contribution < -0.4 is 21.5 Å². The van der Waals surface area contributed by atoms with Crippen molar-refractivity contribution in [1.29, 1.82) is 0 Å². The fourth-order valence-electron chi connectivity index (χ4n) is 1.71. The molecule has 1 aromatic rings. The topological polar surface area (TPSA) is 98.0 Å². The lowest BCUT2D eigenvalue weighted by atomic mass is 10.1. The van der Waals surface area contributed by atoms with Crippen LogP contribution in [-0.2, 0) is 0 Å². The third kappa shape index (κ3) is 3.61. The van der Waals surface area contributed by atoms with Gasteiger partial charge in [0, 0.05) is 0 Å². The van der Waals surface area contributed by atoms with E-state index in [1.807, 2.05) is 24.3 Å². The Kier molecular flexibility index (Phi) is 4.22. The minimum atomic E-state index is -0.383. The van der Waals surface area contributed by atoms with E-state index >= 15 is 0 Å². The number of unbranched alkanes of at least 4 members (excludes halogenated alkanes) is 1. The van der Waals surface area contributed by atoms with E-state index in [2.05, 4.69) is 22.2 Å². The average molecular weight is 261 g/mol. The lowest BCUT2D eigenvalue weighted by Gasteiger charge is -2.17. The van der Waals surface area contributed by atoms with Crippen molar-refractivity contribution in [3.8, 4) is 5.75 Å². The van der Waals surface area contributed by atoms with Gasteiger partial charge in [0.2, 0.25) is 0 Å². The normalized spacial score (nSPS) is 15.4. The Morgan fingerprint density at radius 2 is 1.79 bits per heavy atom. The highest BCUT2D eigenvalue weighted by Gasteiger charge is 2.14. The average Bonchev–Trinajstić information content (AvgIpc) is 2.39. The van der Waals surface area contributed by atoms with Gasteiger partial charge < -0.3 is 16.2 Å². The Labute approximate surface area is 112 Å². The van der Waals surface area contributed by atoms with Crippen molar-refractivity contribution >= 4 is 11.9 Å². The number of nitrogens with two attached hydrogens (primary N) is 2. The fraction of sp³-hybridized carbons (Fsp3) is 0.385. The molecule has 6 heteroatoms. The zero-order valence-corrected chi connectivity index (χ0v) is 11.0. The molecule has 0 unspecified atom stereocenters. The minimum Gasteiger partial charge on any atom is -0.494 e. The molecule has 1 heterocycles. The molecule has 0 saturated heterocycles. The highest BCUT2D eigenvalue weighted by Crippen LogP contribution is 2.23. The summed E-state index contributed by atoms with van der Waals surface area (Å²) in [4.78, 5) is 8.37. The molecule has 5 N–H and O–H groups in total. The largest absolute Gasteiger partial charge is 0.494 e. The first kappa shape index (κ1) is 13.2. The van der Waals surface area contributed by atoms with Crippen LogP contribution in [0.2, 0.25) is 0 Å². The van der Waals surface area contributed by atoms with Gasteiger partial charge in [0.25, 0.3) is 0 Å². The molecule has 1 aromatic carbocycles. The lowest BCUT2D eigenvalue weighted by molar-refractivity contribution is 0.309. The summed E-state index contributed by atoms with van der Waals surface area (Å²) in [6.45, 7) is 2.87. The van der Waals surface area contributed by atoms with Crippen molar-refractivity contribution in [3.05, 3.63) is 29.8 Å². The first-order valence-corrected chi connectivity index (χ1v) is 6.35. The third-order valence-corrected chi connectivity index (χ3v) is 2.72. The summed E-state index contributed by atoms with van der Waals surface area (Å²) in [7, 11) is 0. The molecule has 102 valence electrons. The Morgan fingerprint density at radius 1 is 1.16 bits per heavy atom. The fourth-order valence-corrected chi connectivity index (χ4v) is 1.71. The molecule has 0 fully saturated rings. The summed E-state index contributed by atoms with van der Waals surface area (Å²) >= 11 is 0. The minimum absolute atomic E-state index is 0.278. The molecule has 6 nitrogen and oxygen atoms in total. The van der Waals surface area contributed by atoms with Gasteiger partial charge in [-0.25, -0.2) is 9.98 Å². The molecule has 1 aliphatic heterocycles. The summed E-state index contributed by atoms with van der Waals surface area (Å²) in [5, 5.41) is 2.66. The maximum Gasteiger partial charge on any atom is 0.197 e. The van der Waals surface area contributed by atoms with E-state index in [1.165, 1.54) is 0 Å². The molecule has 0 atom stereocenters. The molecule has 0 aromatic heterocycles. The highest BCUT2D eigenvalue weighted by atomic mass is 16.5. The second-order valence-corrected chi connectivity index (χ2v) is 4.30. The van der Waals surface area contributed by atoms with Crippen LogP contribution in [0.3, 0.4) is 0 Å². The van der Waals surface area contributed by atoms with Crippen molar-refractivity contribution in [1.82, 2.24) is 5.32 Å². The van der Waals surface area contributed by atoms with E-state index in [0.717, 1.165) is 30.8 Å². The quantitative estimate of drug-likeness (QED) is 0.691. The molecule has 1 aliphatic rings. The van der Waals surface area contributed by atoms with Gasteiger partial charge in [0.1, 0.15) is 5.75 Å². The maximum absolute atomic E-state index is 5.62. The zero-order chi connectivity index (χ0) is 13.7. The number of hydrogen-bond acceptors (Lipinski definition) is 6. The third-order valence-electron chi connectivity index (χ3n) is 2.72. The number of hydrogen-bond donors (Lipinski definition) is 3. The Hall–Kier alpha value is -2.24. The zero-order valence-electron chi connectivity index (χ0n) is 11.0. The standard InChI is InChI=1S/C13H19N5O/c1-2-3-8-19-10-6-4-9(5-7-10)11-16-12(14)18-13(15)17-11/h4-7,11H,2-3,8H2,1H3,(H5,14,15,16,17,18). The van der Waals surface area contributed by atoms with E-state index in [-0.39, 0.29) is 18.1 Å². The van der Waals surface area contributed by atoms with Gasteiger partial charge in [0.05, 0.1) is 6.61 Å². The number of nitrogens with zero attached hydrogens (tertiary/aromatic N) is 2. The summed E-state index contributed by atoms with van der Waals surface area (Å²) in [5.74, 6) is 1.40. The van der Waals surface area contributed by atoms with E-state index < -0.39 is 0 Å². The predicted molar refractivity (Wildman–Crippen MR) is 76.0 cm³/mol. The van der Waals surface area contributed by atoms with E-state index in [0.29, 0.717) is 0 Å². The maximum atomic E-state index is 5.62. The lowest BCUT2D eigenvalue weighted by Crippen LogP contribution is -2.44. The van der Waals surface area contributed by atoms with E-state index in [1.54, 1.807) is 0 Å². The van der Waals surface area contributed by atoms with Gasteiger partial charge in [0.15, 0.2) is 18.1 Å². The van der Waals surface area contributed by atoms with Crippen LogP contribution in [0.1, 0.15) is 31.5 Å². The Bertz CT molecular complexity index is 462. The van der Waals surface area contributed by atoms with Crippen LogP contribution >= 0.6 is 0 Å².